The third kappa shape index (κ3) is 1.79. The molecule has 0 aromatic heterocycles. The summed E-state index contributed by atoms with van der Waals surface area (Å²) in [7, 11) is 0. The number of anilines is 1. The lowest BCUT2D eigenvalue weighted by atomic mass is 9.96. The molecule has 0 saturated heterocycles. The van der Waals surface area contributed by atoms with E-state index in [0.717, 1.165) is 5.56 Å². The third-order valence-corrected chi connectivity index (χ3v) is 2.91. The quantitative estimate of drug-likeness (QED) is 0.746. The van der Waals surface area contributed by atoms with Gasteiger partial charge in [-0.15, -0.1) is 0 Å². The van der Waals surface area contributed by atoms with Crippen LogP contribution in [0.25, 0.3) is 0 Å². The van der Waals surface area contributed by atoms with E-state index in [1.807, 2.05) is 0 Å². The summed E-state index contributed by atoms with van der Waals surface area (Å²) in [4.78, 5) is 10.9. The Morgan fingerprint density at radius 2 is 2.20 bits per heavy atom. The number of nitrogens with two attached hydrogens (primary N) is 1. The molecule has 3 N–H and O–H groups in total. The van der Waals surface area contributed by atoms with Crippen molar-refractivity contribution in [1.29, 1.82) is 0 Å². The van der Waals surface area contributed by atoms with E-state index in [9.17, 15) is 9.18 Å². The van der Waals surface area contributed by atoms with Crippen LogP contribution in [0.3, 0.4) is 0 Å². The summed E-state index contributed by atoms with van der Waals surface area (Å²) in [6.07, 6.45) is 1.83. The fourth-order valence-corrected chi connectivity index (χ4v) is 1.71. The van der Waals surface area contributed by atoms with Gasteiger partial charge in [-0.2, -0.15) is 0 Å². The third-order valence-electron chi connectivity index (χ3n) is 2.91. The van der Waals surface area contributed by atoms with Crippen LogP contribution in [0.2, 0.25) is 0 Å². The van der Waals surface area contributed by atoms with Crippen molar-refractivity contribution in [3.8, 4) is 0 Å². The SMILES string of the molecule is Nc1cc(CC2(C(=O)O)CC2)ccc1F. The number of rotatable bonds is 3. The maximum Gasteiger partial charge on any atom is 0.309 e. The average Bonchev–Trinajstić information content (AvgIpc) is 2.93. The van der Waals surface area contributed by atoms with Crippen LogP contribution in [0.1, 0.15) is 18.4 Å². The van der Waals surface area contributed by atoms with Crippen LogP contribution < -0.4 is 5.73 Å². The Morgan fingerprint density at radius 1 is 1.53 bits per heavy atom. The molecule has 1 aliphatic carbocycles. The zero-order valence-electron chi connectivity index (χ0n) is 8.16. The molecule has 1 fully saturated rings. The molecule has 1 aromatic carbocycles. The second-order valence-corrected chi connectivity index (χ2v) is 4.12. The van der Waals surface area contributed by atoms with Crippen LogP contribution in [-0.2, 0) is 11.2 Å². The topological polar surface area (TPSA) is 63.3 Å². The predicted molar refractivity (Wildman–Crippen MR) is 53.8 cm³/mol. The largest absolute Gasteiger partial charge is 0.481 e. The lowest BCUT2D eigenvalue weighted by Crippen LogP contribution is -2.17. The van der Waals surface area contributed by atoms with Crippen molar-refractivity contribution in [2.75, 3.05) is 5.73 Å². The van der Waals surface area contributed by atoms with Gasteiger partial charge in [0.05, 0.1) is 11.1 Å². The lowest BCUT2D eigenvalue weighted by Gasteiger charge is -2.10. The van der Waals surface area contributed by atoms with E-state index in [1.54, 1.807) is 6.07 Å². The van der Waals surface area contributed by atoms with Gasteiger partial charge in [-0.3, -0.25) is 4.79 Å². The summed E-state index contributed by atoms with van der Waals surface area (Å²) in [6.45, 7) is 0. The van der Waals surface area contributed by atoms with Gasteiger partial charge in [-0.05, 0) is 37.0 Å². The van der Waals surface area contributed by atoms with Gasteiger partial charge in [0.15, 0.2) is 0 Å². The van der Waals surface area contributed by atoms with Crippen LogP contribution in [0.4, 0.5) is 10.1 Å². The van der Waals surface area contributed by atoms with Crippen molar-refractivity contribution in [1.82, 2.24) is 0 Å². The lowest BCUT2D eigenvalue weighted by molar-refractivity contribution is -0.143. The molecule has 0 aliphatic heterocycles. The Hall–Kier alpha value is -1.58. The summed E-state index contributed by atoms with van der Waals surface area (Å²) >= 11 is 0. The highest BCUT2D eigenvalue weighted by Crippen LogP contribution is 2.48. The molecular formula is C11H12FNO2. The number of hydrogen-bond donors (Lipinski definition) is 2. The van der Waals surface area contributed by atoms with Crippen LogP contribution in [0.15, 0.2) is 18.2 Å². The first-order valence-electron chi connectivity index (χ1n) is 4.81. The number of aliphatic carboxylic acids is 1. The number of hydrogen-bond acceptors (Lipinski definition) is 2. The molecule has 0 unspecified atom stereocenters. The molecule has 0 amide bonds. The smallest absolute Gasteiger partial charge is 0.309 e. The molecule has 1 saturated carbocycles. The fraction of sp³-hybridized carbons (Fsp3) is 0.364. The summed E-state index contributed by atoms with van der Waals surface area (Å²) in [5, 5.41) is 8.98. The second-order valence-electron chi connectivity index (χ2n) is 4.12. The van der Waals surface area contributed by atoms with Gasteiger partial charge in [0.2, 0.25) is 0 Å². The minimum atomic E-state index is -0.773. The first kappa shape index (κ1) is 9.96. The molecule has 0 bridgehead atoms. The highest BCUT2D eigenvalue weighted by Gasteiger charge is 2.49. The molecule has 15 heavy (non-hydrogen) atoms. The zero-order valence-corrected chi connectivity index (χ0v) is 8.16. The van der Waals surface area contributed by atoms with Crippen LogP contribution in [0, 0.1) is 11.2 Å². The average molecular weight is 209 g/mol. The van der Waals surface area contributed by atoms with Gasteiger partial charge in [0.25, 0.3) is 0 Å². The number of carboxylic acid groups (broad SMARTS) is 1. The molecule has 0 radical (unpaired) electrons. The second kappa shape index (κ2) is 3.22. The highest BCUT2D eigenvalue weighted by atomic mass is 19.1. The fourth-order valence-electron chi connectivity index (χ4n) is 1.71. The summed E-state index contributed by atoms with van der Waals surface area (Å²) in [6, 6.07) is 4.38. The standard InChI is InChI=1S/C11H12FNO2/c12-8-2-1-7(5-9(8)13)6-11(3-4-11)10(14)15/h1-2,5H,3-4,6,13H2,(H,14,15). The van der Waals surface area contributed by atoms with Gasteiger partial charge in [-0.1, -0.05) is 6.07 Å². The molecule has 0 spiro atoms. The molecule has 4 heteroatoms. The molecule has 0 heterocycles. The summed E-state index contributed by atoms with van der Waals surface area (Å²) in [5.74, 6) is -1.23. The maximum absolute atomic E-state index is 12.9. The predicted octanol–water partition coefficient (Wildman–Crippen LogP) is 1.82. The van der Waals surface area contributed by atoms with Crippen molar-refractivity contribution in [3.63, 3.8) is 0 Å². The van der Waals surface area contributed by atoms with E-state index < -0.39 is 17.2 Å². The Bertz CT molecular complexity index is 413. The molecular weight excluding hydrogens is 197 g/mol. The van der Waals surface area contributed by atoms with Crippen LogP contribution >= 0.6 is 0 Å². The monoisotopic (exact) mass is 209 g/mol. The number of nitrogen functional groups attached to an aromatic ring is 1. The van der Waals surface area contributed by atoms with Crippen molar-refractivity contribution < 1.29 is 14.3 Å². The Kier molecular flexibility index (Phi) is 2.14. The van der Waals surface area contributed by atoms with Crippen LogP contribution in [-0.4, -0.2) is 11.1 Å². The van der Waals surface area contributed by atoms with Crippen molar-refractivity contribution in [2.24, 2.45) is 5.41 Å². The van der Waals surface area contributed by atoms with Crippen molar-refractivity contribution in [2.45, 2.75) is 19.3 Å². The van der Waals surface area contributed by atoms with Gasteiger partial charge in [0, 0.05) is 0 Å². The molecule has 80 valence electrons. The number of halogens is 1. The van der Waals surface area contributed by atoms with Crippen molar-refractivity contribution >= 4 is 11.7 Å². The van der Waals surface area contributed by atoms with E-state index in [4.69, 9.17) is 10.8 Å². The van der Waals surface area contributed by atoms with Gasteiger partial charge >= 0.3 is 5.97 Å². The minimum Gasteiger partial charge on any atom is -0.481 e. The van der Waals surface area contributed by atoms with Gasteiger partial charge in [0.1, 0.15) is 5.82 Å². The minimum absolute atomic E-state index is 0.0775. The van der Waals surface area contributed by atoms with Gasteiger partial charge < -0.3 is 10.8 Å². The number of carboxylic acids is 1. The maximum atomic E-state index is 12.9. The molecule has 1 aromatic rings. The summed E-state index contributed by atoms with van der Waals surface area (Å²) < 4.78 is 12.9. The number of benzene rings is 1. The first-order chi connectivity index (χ1) is 7.03. The van der Waals surface area contributed by atoms with E-state index in [1.165, 1.54) is 12.1 Å². The Morgan fingerprint density at radius 3 is 2.67 bits per heavy atom. The Balaban J connectivity index is 2.18. The van der Waals surface area contributed by atoms with E-state index in [-0.39, 0.29) is 5.69 Å². The van der Waals surface area contributed by atoms with E-state index in [2.05, 4.69) is 0 Å². The highest BCUT2D eigenvalue weighted by molar-refractivity contribution is 5.78. The van der Waals surface area contributed by atoms with E-state index in [0.29, 0.717) is 19.3 Å². The summed E-state index contributed by atoms with van der Waals surface area (Å²) in [5.41, 5.74) is 5.66. The zero-order chi connectivity index (χ0) is 11.1. The first-order valence-corrected chi connectivity index (χ1v) is 4.81. The van der Waals surface area contributed by atoms with Crippen LogP contribution in [0.5, 0.6) is 0 Å². The number of carbonyl (C=O) groups is 1. The van der Waals surface area contributed by atoms with Gasteiger partial charge in [-0.25, -0.2) is 4.39 Å². The molecule has 2 rings (SSSR count). The Labute approximate surface area is 86.7 Å². The molecule has 0 atom stereocenters. The van der Waals surface area contributed by atoms with Crippen molar-refractivity contribution in [3.05, 3.63) is 29.6 Å². The van der Waals surface area contributed by atoms with E-state index >= 15 is 0 Å². The molecule has 3 nitrogen and oxygen atoms in total. The molecule has 1 aliphatic rings. The normalized spacial score (nSPS) is 17.4.